The number of aromatic nitrogens is 1. The van der Waals surface area contributed by atoms with E-state index in [1.54, 1.807) is 6.07 Å². The van der Waals surface area contributed by atoms with Crippen LogP contribution in [0.2, 0.25) is 0 Å². The molecule has 3 aromatic carbocycles. The van der Waals surface area contributed by atoms with E-state index in [9.17, 15) is 9.50 Å². The number of nitrogens with one attached hydrogen (secondary N) is 1. The van der Waals surface area contributed by atoms with E-state index in [2.05, 4.69) is 27.6 Å². The molecule has 1 heterocycles. The minimum absolute atomic E-state index is 0.0482. The van der Waals surface area contributed by atoms with Gasteiger partial charge in [0.25, 0.3) is 0 Å². The average molecular weight is 513 g/mol. The van der Waals surface area contributed by atoms with Gasteiger partial charge in [0.05, 0.1) is 22.5 Å². The van der Waals surface area contributed by atoms with E-state index in [0.29, 0.717) is 22.2 Å². The van der Waals surface area contributed by atoms with E-state index in [-0.39, 0.29) is 11.7 Å². The lowest BCUT2D eigenvalue weighted by Crippen LogP contribution is -2.28. The van der Waals surface area contributed by atoms with Crippen molar-refractivity contribution >= 4 is 44.9 Å². The van der Waals surface area contributed by atoms with Crippen LogP contribution in [-0.4, -0.2) is 15.8 Å². The first-order valence-corrected chi connectivity index (χ1v) is 10.5. The fourth-order valence-electron chi connectivity index (χ4n) is 3.39. The third kappa shape index (κ3) is 4.11. The number of aromatic amines is 1. The smallest absolute Gasteiger partial charge is 0.199 e. The summed E-state index contributed by atoms with van der Waals surface area (Å²) in [5, 5.41) is 11.4. The van der Waals surface area contributed by atoms with Crippen LogP contribution in [0.25, 0.3) is 10.9 Å². The molecule has 0 unspecified atom stereocenters. The summed E-state index contributed by atoms with van der Waals surface area (Å²) in [4.78, 5) is 7.73. The van der Waals surface area contributed by atoms with Crippen molar-refractivity contribution in [1.82, 2.24) is 4.98 Å². The van der Waals surface area contributed by atoms with Crippen molar-refractivity contribution in [3.8, 4) is 5.88 Å². The van der Waals surface area contributed by atoms with Crippen LogP contribution in [0.5, 0.6) is 5.88 Å². The van der Waals surface area contributed by atoms with Gasteiger partial charge in [-0.2, -0.15) is 0 Å². The molecule has 0 spiro atoms. The Hall–Kier alpha value is -2.71. The molecule has 1 aromatic heterocycles. The van der Waals surface area contributed by atoms with Gasteiger partial charge >= 0.3 is 0 Å². The topological polar surface area (TPSA) is 74.4 Å². The Bertz CT molecular complexity index is 1250. The van der Waals surface area contributed by atoms with Gasteiger partial charge < -0.3 is 15.8 Å². The Labute approximate surface area is 187 Å². The molecular formula is C24H21FIN3O. The molecule has 0 radical (unpaired) electrons. The molecule has 0 saturated heterocycles. The van der Waals surface area contributed by atoms with Crippen LogP contribution in [0.1, 0.15) is 30.5 Å². The zero-order valence-electron chi connectivity index (χ0n) is 16.6. The molecule has 4 N–H and O–H groups in total. The van der Waals surface area contributed by atoms with Crippen LogP contribution < -0.4 is 5.73 Å². The molecule has 152 valence electrons. The molecule has 0 fully saturated rings. The van der Waals surface area contributed by atoms with E-state index in [1.807, 2.05) is 62.4 Å². The van der Waals surface area contributed by atoms with Crippen molar-refractivity contribution in [1.29, 1.82) is 0 Å². The van der Waals surface area contributed by atoms with Gasteiger partial charge in [-0.1, -0.05) is 24.3 Å². The molecular weight excluding hydrogens is 492 g/mol. The Kier molecular flexibility index (Phi) is 5.38. The van der Waals surface area contributed by atoms with Crippen molar-refractivity contribution in [2.24, 2.45) is 10.7 Å². The van der Waals surface area contributed by atoms with Crippen molar-refractivity contribution in [2.45, 2.75) is 19.4 Å². The lowest BCUT2D eigenvalue weighted by atomic mass is 9.95. The molecule has 0 bridgehead atoms. The molecule has 0 atom stereocenters. The molecule has 0 saturated carbocycles. The van der Waals surface area contributed by atoms with Crippen molar-refractivity contribution in [3.05, 3.63) is 92.8 Å². The number of rotatable bonds is 4. The molecule has 4 rings (SSSR count). The number of hydrogen-bond donors (Lipinski definition) is 3. The van der Waals surface area contributed by atoms with Gasteiger partial charge in [-0.15, -0.1) is 0 Å². The Balaban J connectivity index is 1.93. The number of nitrogens with zero attached hydrogens (tertiary/aromatic N) is 1. The van der Waals surface area contributed by atoms with Gasteiger partial charge in [0.15, 0.2) is 5.88 Å². The monoisotopic (exact) mass is 513 g/mol. The van der Waals surface area contributed by atoms with E-state index in [0.717, 1.165) is 20.4 Å². The summed E-state index contributed by atoms with van der Waals surface area (Å²) in [7, 11) is 0. The maximum atomic E-state index is 13.7. The summed E-state index contributed by atoms with van der Waals surface area (Å²) < 4.78 is 14.7. The second-order valence-corrected chi connectivity index (χ2v) is 9.02. The number of hydrogen-bond acceptors (Lipinski definition) is 3. The normalized spacial score (nSPS) is 12.5. The fraction of sp³-hybridized carbons (Fsp3) is 0.125. The molecule has 0 aliphatic heterocycles. The zero-order valence-corrected chi connectivity index (χ0v) is 18.7. The van der Waals surface area contributed by atoms with E-state index in [1.165, 1.54) is 12.1 Å². The summed E-state index contributed by atoms with van der Waals surface area (Å²) in [5.74, 6) is -0.420. The van der Waals surface area contributed by atoms with Gasteiger partial charge in [-0.05, 0) is 84.5 Å². The predicted octanol–water partition coefficient (Wildman–Crippen LogP) is 5.98. The van der Waals surface area contributed by atoms with Gasteiger partial charge in [0.2, 0.25) is 0 Å². The third-order valence-electron chi connectivity index (χ3n) is 4.93. The maximum absolute atomic E-state index is 13.7. The number of aromatic hydroxyl groups is 1. The fourth-order valence-corrected chi connectivity index (χ4v) is 3.93. The lowest BCUT2D eigenvalue weighted by molar-refractivity contribution is 0.457. The van der Waals surface area contributed by atoms with Gasteiger partial charge in [-0.3, -0.25) is 0 Å². The van der Waals surface area contributed by atoms with E-state index >= 15 is 0 Å². The highest BCUT2D eigenvalue weighted by Gasteiger charge is 2.20. The van der Waals surface area contributed by atoms with Crippen LogP contribution in [0.4, 0.5) is 10.1 Å². The maximum Gasteiger partial charge on any atom is 0.199 e. The summed E-state index contributed by atoms with van der Waals surface area (Å²) in [6, 6.07) is 20.0. The molecule has 4 nitrogen and oxygen atoms in total. The Morgan fingerprint density at radius 1 is 1.07 bits per heavy atom. The highest BCUT2D eigenvalue weighted by molar-refractivity contribution is 14.1. The summed E-state index contributed by atoms with van der Waals surface area (Å²) in [6.45, 7) is 3.90. The largest absolute Gasteiger partial charge is 0.494 e. The number of nitrogens with two attached hydrogens (primary N) is 1. The minimum atomic E-state index is -0.445. The first-order valence-electron chi connectivity index (χ1n) is 9.47. The van der Waals surface area contributed by atoms with Crippen LogP contribution in [0.15, 0.2) is 71.7 Å². The minimum Gasteiger partial charge on any atom is -0.494 e. The van der Waals surface area contributed by atoms with E-state index in [4.69, 9.17) is 10.7 Å². The van der Waals surface area contributed by atoms with Crippen molar-refractivity contribution in [3.63, 3.8) is 0 Å². The number of benzene rings is 3. The Morgan fingerprint density at radius 3 is 2.47 bits per heavy atom. The quantitative estimate of drug-likeness (QED) is 0.232. The standard InChI is InChI=1S/C24H21FIN3O/c1-24(2,27)15-6-9-18(10-7-15)28-22(14-4-3-5-17(26)12-14)21-19-11-8-16(25)13-20(19)29-23(21)30/h3-13,29-30H,27H2,1-2H3. The SMILES string of the molecule is CC(C)(N)c1ccc(N=C(c2cccc(I)c2)c2c(O)[nH]c3cc(F)ccc23)cc1. The average Bonchev–Trinajstić information content (AvgIpc) is 3.00. The summed E-state index contributed by atoms with van der Waals surface area (Å²) in [6.07, 6.45) is 0. The lowest BCUT2D eigenvalue weighted by Gasteiger charge is -2.19. The summed E-state index contributed by atoms with van der Waals surface area (Å²) in [5.41, 5.74) is 9.98. The second-order valence-electron chi connectivity index (χ2n) is 7.78. The highest BCUT2D eigenvalue weighted by atomic mass is 127. The highest BCUT2D eigenvalue weighted by Crippen LogP contribution is 2.32. The summed E-state index contributed by atoms with van der Waals surface area (Å²) >= 11 is 2.24. The molecule has 0 amide bonds. The second kappa shape index (κ2) is 7.85. The molecule has 30 heavy (non-hydrogen) atoms. The molecule has 0 aliphatic carbocycles. The number of fused-ring (bicyclic) bond motifs is 1. The molecule has 6 heteroatoms. The Morgan fingerprint density at radius 2 is 1.80 bits per heavy atom. The van der Waals surface area contributed by atoms with Crippen molar-refractivity contribution in [2.75, 3.05) is 0 Å². The zero-order chi connectivity index (χ0) is 21.5. The van der Waals surface area contributed by atoms with Crippen LogP contribution in [0.3, 0.4) is 0 Å². The third-order valence-corrected chi connectivity index (χ3v) is 5.60. The van der Waals surface area contributed by atoms with Crippen LogP contribution in [0, 0.1) is 9.39 Å². The molecule has 0 aliphatic rings. The predicted molar refractivity (Wildman–Crippen MR) is 128 cm³/mol. The van der Waals surface area contributed by atoms with E-state index < -0.39 is 5.54 Å². The van der Waals surface area contributed by atoms with Crippen LogP contribution >= 0.6 is 22.6 Å². The number of halogens is 2. The van der Waals surface area contributed by atoms with Gasteiger partial charge in [0, 0.05) is 20.1 Å². The first kappa shape index (κ1) is 20.6. The van der Waals surface area contributed by atoms with Crippen LogP contribution in [-0.2, 0) is 5.54 Å². The number of aliphatic imine (C=N–C) groups is 1. The molecule has 4 aromatic rings. The van der Waals surface area contributed by atoms with Crippen molar-refractivity contribution < 1.29 is 9.50 Å². The first-order chi connectivity index (χ1) is 14.2. The van der Waals surface area contributed by atoms with Gasteiger partial charge in [0.1, 0.15) is 5.82 Å². The number of H-pyrrole nitrogens is 1. The van der Waals surface area contributed by atoms with Gasteiger partial charge in [-0.25, -0.2) is 9.38 Å².